The van der Waals surface area contributed by atoms with Crippen molar-refractivity contribution >= 4 is 46.4 Å². The molecule has 4 rings (SSSR count). The van der Waals surface area contributed by atoms with Gasteiger partial charge in [0, 0.05) is 38.8 Å². The van der Waals surface area contributed by atoms with Crippen molar-refractivity contribution in [1.82, 2.24) is 19.9 Å². The lowest BCUT2D eigenvalue weighted by Gasteiger charge is -2.32. The number of carbonyl (C=O) groups is 1. The molecule has 9 heteroatoms. The second-order valence-corrected chi connectivity index (χ2v) is 8.24. The summed E-state index contributed by atoms with van der Waals surface area (Å²) in [6.07, 6.45) is 5.26. The fourth-order valence-corrected chi connectivity index (χ4v) is 4.01. The number of hydrogen-bond donors (Lipinski definition) is 1. The number of ketones is 1. The van der Waals surface area contributed by atoms with Crippen molar-refractivity contribution in [2.45, 2.75) is 6.42 Å². The van der Waals surface area contributed by atoms with Crippen LogP contribution in [0.1, 0.15) is 15.9 Å². The van der Waals surface area contributed by atoms with Crippen molar-refractivity contribution in [1.29, 1.82) is 0 Å². The van der Waals surface area contributed by atoms with Crippen molar-refractivity contribution in [3.8, 4) is 0 Å². The van der Waals surface area contributed by atoms with E-state index in [-0.39, 0.29) is 12.2 Å². The minimum atomic E-state index is -0.149. The maximum Gasteiger partial charge on any atom is 0.170 e. The van der Waals surface area contributed by atoms with Crippen LogP contribution in [0.15, 0.2) is 48.9 Å². The van der Waals surface area contributed by atoms with Crippen molar-refractivity contribution in [2.24, 2.45) is 0 Å². The predicted octanol–water partition coefficient (Wildman–Crippen LogP) is 4.10. The van der Waals surface area contributed by atoms with Gasteiger partial charge in [0.1, 0.15) is 17.5 Å². The van der Waals surface area contributed by atoms with Crippen molar-refractivity contribution in [2.75, 3.05) is 43.4 Å². The average molecular weight is 457 g/mol. The van der Waals surface area contributed by atoms with Crippen LogP contribution in [-0.4, -0.2) is 58.9 Å². The molecule has 7 nitrogen and oxygen atoms in total. The zero-order valence-corrected chi connectivity index (χ0v) is 18.6. The minimum Gasteiger partial charge on any atom is -0.353 e. The summed E-state index contributed by atoms with van der Waals surface area (Å²) >= 11 is 12.3. The second kappa shape index (κ2) is 9.60. The molecule has 1 aliphatic heterocycles. The summed E-state index contributed by atoms with van der Waals surface area (Å²) in [6, 6.07) is 8.62. The lowest BCUT2D eigenvalue weighted by Crippen LogP contribution is -2.44. The molecule has 2 aromatic heterocycles. The van der Waals surface area contributed by atoms with Gasteiger partial charge in [0.05, 0.1) is 28.0 Å². The first-order valence-corrected chi connectivity index (χ1v) is 10.7. The number of benzene rings is 1. The van der Waals surface area contributed by atoms with E-state index in [0.717, 1.165) is 37.6 Å². The third-order valence-electron chi connectivity index (χ3n) is 5.15. The van der Waals surface area contributed by atoms with Gasteiger partial charge in [0.15, 0.2) is 5.78 Å². The fourth-order valence-electron chi connectivity index (χ4n) is 3.41. The van der Waals surface area contributed by atoms with Gasteiger partial charge in [-0.3, -0.25) is 4.79 Å². The van der Waals surface area contributed by atoms with Crippen LogP contribution in [0.3, 0.4) is 0 Å². The number of nitrogens with one attached hydrogen (secondary N) is 1. The Morgan fingerprint density at radius 2 is 1.74 bits per heavy atom. The number of carbonyl (C=O) groups excluding carboxylic acids is 1. The fraction of sp³-hybridized carbons (Fsp3) is 0.273. The SMILES string of the molecule is CN1CCN(c2cnc(Nc3cc(CC(=O)c4c(Cl)cccc4Cl)ccn3)cn2)CC1. The monoisotopic (exact) mass is 456 g/mol. The maximum absolute atomic E-state index is 12.7. The molecule has 0 unspecified atom stereocenters. The number of anilines is 3. The van der Waals surface area contributed by atoms with Crippen LogP contribution in [-0.2, 0) is 6.42 Å². The third-order valence-corrected chi connectivity index (χ3v) is 5.78. The summed E-state index contributed by atoms with van der Waals surface area (Å²) in [6.45, 7) is 3.89. The molecule has 31 heavy (non-hydrogen) atoms. The Labute approximate surface area is 191 Å². The summed E-state index contributed by atoms with van der Waals surface area (Å²) in [5.41, 5.74) is 1.13. The number of piperazine rings is 1. The molecule has 1 fully saturated rings. The highest BCUT2D eigenvalue weighted by Gasteiger charge is 2.17. The van der Waals surface area contributed by atoms with Crippen LogP contribution < -0.4 is 10.2 Å². The number of pyridine rings is 1. The van der Waals surface area contributed by atoms with Crippen LogP contribution in [0.5, 0.6) is 0 Å². The van der Waals surface area contributed by atoms with Gasteiger partial charge >= 0.3 is 0 Å². The van der Waals surface area contributed by atoms with Crippen LogP contribution in [0.4, 0.5) is 17.5 Å². The molecule has 160 valence electrons. The number of Topliss-reactive ketones (excluding diaryl/α,β-unsaturated/α-hetero) is 1. The molecule has 0 aliphatic carbocycles. The van der Waals surface area contributed by atoms with Gasteiger partial charge < -0.3 is 15.1 Å². The summed E-state index contributed by atoms with van der Waals surface area (Å²) in [7, 11) is 2.12. The Hall–Kier alpha value is -2.74. The molecular formula is C22H22Cl2N6O. The van der Waals surface area contributed by atoms with Crippen LogP contribution in [0.2, 0.25) is 10.0 Å². The first kappa shape index (κ1) is 21.5. The first-order chi connectivity index (χ1) is 15.0. The van der Waals surface area contributed by atoms with E-state index in [0.29, 0.717) is 27.2 Å². The summed E-state index contributed by atoms with van der Waals surface area (Å²) in [5.74, 6) is 1.88. The molecule has 3 aromatic rings. The molecule has 0 saturated carbocycles. The smallest absolute Gasteiger partial charge is 0.170 e. The van der Waals surface area contributed by atoms with Crippen molar-refractivity contribution in [3.63, 3.8) is 0 Å². The van der Waals surface area contributed by atoms with E-state index in [1.807, 2.05) is 0 Å². The van der Waals surface area contributed by atoms with Crippen molar-refractivity contribution < 1.29 is 4.79 Å². The number of likely N-dealkylation sites (N-methyl/N-ethyl adjacent to an activating group) is 1. The zero-order chi connectivity index (χ0) is 21.8. The van der Waals surface area contributed by atoms with E-state index < -0.39 is 0 Å². The summed E-state index contributed by atoms with van der Waals surface area (Å²) in [5, 5.41) is 3.84. The Morgan fingerprint density at radius 3 is 2.42 bits per heavy atom. The Bertz CT molecular complexity index is 1050. The van der Waals surface area contributed by atoms with Gasteiger partial charge in [-0.25, -0.2) is 15.0 Å². The molecule has 0 spiro atoms. The molecule has 0 amide bonds. The average Bonchev–Trinajstić information content (AvgIpc) is 2.75. The van der Waals surface area contributed by atoms with E-state index in [4.69, 9.17) is 23.2 Å². The quantitative estimate of drug-likeness (QED) is 0.559. The van der Waals surface area contributed by atoms with Gasteiger partial charge in [-0.2, -0.15) is 0 Å². The van der Waals surface area contributed by atoms with Gasteiger partial charge in [-0.05, 0) is 36.9 Å². The lowest BCUT2D eigenvalue weighted by molar-refractivity contribution is 0.0993. The largest absolute Gasteiger partial charge is 0.353 e. The van der Waals surface area contributed by atoms with Crippen LogP contribution in [0, 0.1) is 0 Å². The number of nitrogens with zero attached hydrogens (tertiary/aromatic N) is 5. The predicted molar refractivity (Wildman–Crippen MR) is 124 cm³/mol. The second-order valence-electron chi connectivity index (χ2n) is 7.42. The molecule has 0 radical (unpaired) electrons. The molecule has 0 atom stereocenters. The number of halogens is 2. The highest BCUT2D eigenvalue weighted by atomic mass is 35.5. The Morgan fingerprint density at radius 1 is 1.00 bits per heavy atom. The van der Waals surface area contributed by atoms with E-state index >= 15 is 0 Å². The molecule has 1 N–H and O–H groups in total. The molecule has 1 aromatic carbocycles. The van der Waals surface area contributed by atoms with E-state index in [1.165, 1.54) is 0 Å². The molecule has 3 heterocycles. The minimum absolute atomic E-state index is 0.149. The van der Waals surface area contributed by atoms with E-state index in [2.05, 4.69) is 37.1 Å². The lowest BCUT2D eigenvalue weighted by atomic mass is 10.0. The summed E-state index contributed by atoms with van der Waals surface area (Å²) in [4.78, 5) is 30.5. The van der Waals surface area contributed by atoms with Gasteiger partial charge in [-0.15, -0.1) is 0 Å². The topological polar surface area (TPSA) is 74.2 Å². The van der Waals surface area contributed by atoms with Gasteiger partial charge in [0.25, 0.3) is 0 Å². The normalized spacial score (nSPS) is 14.5. The van der Waals surface area contributed by atoms with Crippen molar-refractivity contribution in [3.05, 3.63) is 70.1 Å². The van der Waals surface area contributed by atoms with Crippen LogP contribution >= 0.6 is 23.2 Å². The molecule has 1 saturated heterocycles. The zero-order valence-electron chi connectivity index (χ0n) is 17.1. The highest BCUT2D eigenvalue weighted by molar-refractivity contribution is 6.39. The number of aromatic nitrogens is 3. The molecule has 0 bridgehead atoms. The maximum atomic E-state index is 12.7. The number of hydrogen-bond acceptors (Lipinski definition) is 7. The highest BCUT2D eigenvalue weighted by Crippen LogP contribution is 2.26. The Kier molecular flexibility index (Phi) is 6.65. The van der Waals surface area contributed by atoms with Gasteiger partial charge in [-0.1, -0.05) is 29.3 Å². The van der Waals surface area contributed by atoms with Gasteiger partial charge in [0.2, 0.25) is 0 Å². The first-order valence-electron chi connectivity index (χ1n) is 9.94. The number of rotatable bonds is 6. The Balaban J connectivity index is 1.42. The van der Waals surface area contributed by atoms with E-state index in [9.17, 15) is 4.79 Å². The molecular weight excluding hydrogens is 435 g/mol. The standard InChI is InChI=1S/C22H22Cl2N6O/c1-29-7-9-30(10-8-29)21-14-26-20(13-27-21)28-19-12-15(5-6-25-19)11-18(31)22-16(23)3-2-4-17(22)24/h2-6,12-14H,7-11H2,1H3,(H,25,26,28). The summed E-state index contributed by atoms with van der Waals surface area (Å²) < 4.78 is 0. The van der Waals surface area contributed by atoms with E-state index in [1.54, 1.807) is 48.9 Å². The van der Waals surface area contributed by atoms with Crippen LogP contribution in [0.25, 0.3) is 0 Å². The third kappa shape index (κ3) is 5.31. The molecule has 1 aliphatic rings.